The summed E-state index contributed by atoms with van der Waals surface area (Å²) in [7, 11) is 0. The third kappa shape index (κ3) is 1.82. The summed E-state index contributed by atoms with van der Waals surface area (Å²) in [5.74, 6) is 1.06. The van der Waals surface area contributed by atoms with Gasteiger partial charge in [0.15, 0.2) is 0 Å². The zero-order valence-corrected chi connectivity index (χ0v) is 9.10. The van der Waals surface area contributed by atoms with Crippen LogP contribution in [0.1, 0.15) is 38.5 Å². The van der Waals surface area contributed by atoms with Crippen molar-refractivity contribution in [2.24, 2.45) is 5.92 Å². The Bertz CT molecular complexity index is 204. The first-order valence-electron chi connectivity index (χ1n) is 6.34. The summed E-state index contributed by atoms with van der Waals surface area (Å²) in [5.41, 5.74) is 0.535. The molecule has 1 spiro atoms. The lowest BCUT2D eigenvalue weighted by atomic mass is 9.87. The van der Waals surface area contributed by atoms with Crippen LogP contribution in [0.2, 0.25) is 0 Å². The molecule has 2 aliphatic heterocycles. The average molecular weight is 194 g/mol. The van der Waals surface area contributed by atoms with Crippen molar-refractivity contribution in [1.29, 1.82) is 0 Å². The van der Waals surface area contributed by atoms with Gasteiger partial charge in [0.1, 0.15) is 0 Å². The van der Waals surface area contributed by atoms with Gasteiger partial charge < -0.3 is 10.2 Å². The Morgan fingerprint density at radius 2 is 2.07 bits per heavy atom. The molecule has 0 aromatic carbocycles. The smallest absolute Gasteiger partial charge is 0.0309 e. The molecule has 14 heavy (non-hydrogen) atoms. The fraction of sp³-hybridized carbons (Fsp3) is 1.00. The minimum absolute atomic E-state index is 0.535. The molecule has 2 heterocycles. The second-order valence-corrected chi connectivity index (χ2v) is 5.59. The van der Waals surface area contributed by atoms with Crippen LogP contribution in [0.25, 0.3) is 0 Å². The molecule has 1 atom stereocenters. The fourth-order valence-electron chi connectivity index (χ4n) is 3.27. The van der Waals surface area contributed by atoms with Crippen molar-refractivity contribution in [2.45, 2.75) is 44.1 Å². The maximum atomic E-state index is 3.75. The molecule has 1 aliphatic carbocycles. The lowest BCUT2D eigenvalue weighted by Crippen LogP contribution is -2.54. The molecule has 3 aliphatic rings. The van der Waals surface area contributed by atoms with E-state index in [1.807, 2.05) is 0 Å². The van der Waals surface area contributed by atoms with Gasteiger partial charge in [-0.3, -0.25) is 0 Å². The van der Waals surface area contributed by atoms with E-state index in [0.29, 0.717) is 5.54 Å². The third-order valence-corrected chi connectivity index (χ3v) is 4.20. The molecule has 0 aromatic heterocycles. The number of hydrogen-bond donors (Lipinski definition) is 1. The molecule has 3 fully saturated rings. The van der Waals surface area contributed by atoms with Crippen molar-refractivity contribution in [3.63, 3.8) is 0 Å². The van der Waals surface area contributed by atoms with E-state index in [0.717, 1.165) is 5.92 Å². The molecule has 2 heteroatoms. The first kappa shape index (κ1) is 9.17. The first-order valence-corrected chi connectivity index (χ1v) is 6.34. The second kappa shape index (κ2) is 3.49. The van der Waals surface area contributed by atoms with Gasteiger partial charge in [0, 0.05) is 18.6 Å². The third-order valence-electron chi connectivity index (χ3n) is 4.20. The van der Waals surface area contributed by atoms with Crippen LogP contribution in [0.3, 0.4) is 0 Å². The average Bonchev–Trinajstić information content (AvgIpc) is 2.88. The maximum absolute atomic E-state index is 3.75. The second-order valence-electron chi connectivity index (χ2n) is 5.59. The molecule has 80 valence electrons. The molecular formula is C12H22N2. The summed E-state index contributed by atoms with van der Waals surface area (Å²) < 4.78 is 0. The summed E-state index contributed by atoms with van der Waals surface area (Å²) in [6.07, 6.45) is 8.66. The highest BCUT2D eigenvalue weighted by atomic mass is 15.2. The summed E-state index contributed by atoms with van der Waals surface area (Å²) in [6, 6.07) is 0. The first-order chi connectivity index (χ1) is 6.86. The summed E-state index contributed by atoms with van der Waals surface area (Å²) in [6.45, 7) is 5.35. The van der Waals surface area contributed by atoms with Gasteiger partial charge in [0.05, 0.1) is 0 Å². The van der Waals surface area contributed by atoms with Crippen molar-refractivity contribution in [3.05, 3.63) is 0 Å². The van der Waals surface area contributed by atoms with Crippen LogP contribution >= 0.6 is 0 Å². The quantitative estimate of drug-likeness (QED) is 0.718. The molecule has 2 saturated heterocycles. The van der Waals surface area contributed by atoms with Gasteiger partial charge in [-0.05, 0) is 57.5 Å². The molecular weight excluding hydrogens is 172 g/mol. The Morgan fingerprint density at radius 3 is 2.79 bits per heavy atom. The SMILES string of the molecule is C1CNC2(C1)CCCN(CC1CC1)C2. The van der Waals surface area contributed by atoms with Crippen LogP contribution < -0.4 is 5.32 Å². The Kier molecular flexibility index (Phi) is 2.29. The van der Waals surface area contributed by atoms with Crippen LogP contribution in [0.4, 0.5) is 0 Å². The predicted octanol–water partition coefficient (Wildman–Crippen LogP) is 1.61. The largest absolute Gasteiger partial charge is 0.310 e. The molecule has 1 N–H and O–H groups in total. The van der Waals surface area contributed by atoms with Gasteiger partial charge in [-0.25, -0.2) is 0 Å². The molecule has 1 saturated carbocycles. The number of piperidine rings is 1. The minimum atomic E-state index is 0.535. The Balaban J connectivity index is 1.59. The van der Waals surface area contributed by atoms with Crippen LogP contribution in [0.5, 0.6) is 0 Å². The van der Waals surface area contributed by atoms with E-state index in [1.165, 1.54) is 64.7 Å². The molecule has 2 nitrogen and oxygen atoms in total. The monoisotopic (exact) mass is 194 g/mol. The zero-order chi connectivity index (χ0) is 9.43. The summed E-state index contributed by atoms with van der Waals surface area (Å²) in [4.78, 5) is 2.72. The molecule has 0 amide bonds. The van der Waals surface area contributed by atoms with Gasteiger partial charge in [-0.15, -0.1) is 0 Å². The van der Waals surface area contributed by atoms with E-state index in [9.17, 15) is 0 Å². The van der Waals surface area contributed by atoms with Gasteiger partial charge in [0.2, 0.25) is 0 Å². The number of hydrogen-bond acceptors (Lipinski definition) is 2. The van der Waals surface area contributed by atoms with Gasteiger partial charge >= 0.3 is 0 Å². The lowest BCUT2D eigenvalue weighted by Gasteiger charge is -2.40. The molecule has 3 rings (SSSR count). The summed E-state index contributed by atoms with van der Waals surface area (Å²) >= 11 is 0. The van der Waals surface area contributed by atoms with E-state index in [2.05, 4.69) is 10.2 Å². The number of nitrogens with one attached hydrogen (secondary N) is 1. The van der Waals surface area contributed by atoms with E-state index >= 15 is 0 Å². The standard InChI is InChI=1S/C12H22N2/c1-5-12(13-7-1)6-2-8-14(10-12)9-11-3-4-11/h11,13H,1-10H2. The topological polar surface area (TPSA) is 15.3 Å². The van der Waals surface area contributed by atoms with Crippen molar-refractivity contribution >= 4 is 0 Å². The number of likely N-dealkylation sites (tertiary alicyclic amines) is 1. The minimum Gasteiger partial charge on any atom is -0.310 e. The Hall–Kier alpha value is -0.0800. The normalized spacial score (nSPS) is 39.4. The van der Waals surface area contributed by atoms with Crippen molar-refractivity contribution in [3.8, 4) is 0 Å². The molecule has 1 unspecified atom stereocenters. The van der Waals surface area contributed by atoms with Gasteiger partial charge in [-0.2, -0.15) is 0 Å². The van der Waals surface area contributed by atoms with Gasteiger partial charge in [-0.1, -0.05) is 0 Å². The van der Waals surface area contributed by atoms with Crippen LogP contribution in [-0.2, 0) is 0 Å². The van der Waals surface area contributed by atoms with Crippen LogP contribution in [0.15, 0.2) is 0 Å². The van der Waals surface area contributed by atoms with Crippen LogP contribution in [-0.4, -0.2) is 36.6 Å². The highest BCUT2D eigenvalue weighted by Crippen LogP contribution is 2.34. The summed E-state index contributed by atoms with van der Waals surface area (Å²) in [5, 5.41) is 3.75. The van der Waals surface area contributed by atoms with Crippen molar-refractivity contribution < 1.29 is 0 Å². The highest BCUT2D eigenvalue weighted by Gasteiger charge is 2.38. The highest BCUT2D eigenvalue weighted by molar-refractivity contribution is 4.98. The zero-order valence-electron chi connectivity index (χ0n) is 9.10. The molecule has 0 bridgehead atoms. The molecule has 0 aromatic rings. The number of rotatable bonds is 2. The van der Waals surface area contributed by atoms with Crippen molar-refractivity contribution in [1.82, 2.24) is 10.2 Å². The van der Waals surface area contributed by atoms with E-state index in [4.69, 9.17) is 0 Å². The van der Waals surface area contributed by atoms with E-state index in [1.54, 1.807) is 0 Å². The Labute approximate surface area is 87.0 Å². The predicted molar refractivity (Wildman–Crippen MR) is 58.4 cm³/mol. The molecule has 0 radical (unpaired) electrons. The fourth-order valence-corrected chi connectivity index (χ4v) is 3.27. The Morgan fingerprint density at radius 1 is 1.21 bits per heavy atom. The van der Waals surface area contributed by atoms with Crippen molar-refractivity contribution in [2.75, 3.05) is 26.2 Å². The lowest BCUT2D eigenvalue weighted by molar-refractivity contribution is 0.130. The van der Waals surface area contributed by atoms with Gasteiger partial charge in [0.25, 0.3) is 0 Å². The van der Waals surface area contributed by atoms with E-state index in [-0.39, 0.29) is 0 Å². The number of nitrogens with zero attached hydrogens (tertiary/aromatic N) is 1. The maximum Gasteiger partial charge on any atom is 0.0309 e. The van der Waals surface area contributed by atoms with E-state index < -0.39 is 0 Å². The van der Waals surface area contributed by atoms with Crippen LogP contribution in [0, 0.1) is 5.92 Å².